The number of nitrogens with one attached hydrogen (secondary N) is 1. The Hall–Kier alpha value is -1.64. The van der Waals surface area contributed by atoms with Crippen LogP contribution < -0.4 is 5.32 Å². The van der Waals surface area contributed by atoms with E-state index < -0.39 is 0 Å². The van der Waals surface area contributed by atoms with Crippen molar-refractivity contribution in [3.05, 3.63) is 24.0 Å². The van der Waals surface area contributed by atoms with Crippen molar-refractivity contribution in [2.24, 2.45) is 5.92 Å². The van der Waals surface area contributed by atoms with Crippen molar-refractivity contribution < 1.29 is 4.74 Å². The van der Waals surface area contributed by atoms with Gasteiger partial charge < -0.3 is 10.1 Å². The van der Waals surface area contributed by atoms with Gasteiger partial charge in [-0.2, -0.15) is 5.26 Å². The minimum absolute atomic E-state index is 0.448. The van der Waals surface area contributed by atoms with Gasteiger partial charge in [0.1, 0.15) is 11.8 Å². The summed E-state index contributed by atoms with van der Waals surface area (Å²) in [6.45, 7) is 9.01. The predicted molar refractivity (Wildman–Crippen MR) is 78.5 cm³/mol. The Kier molecular flexibility index (Phi) is 5.33. The maximum atomic E-state index is 8.74. The molecule has 5 nitrogen and oxygen atoms in total. The van der Waals surface area contributed by atoms with Crippen LogP contribution in [-0.2, 0) is 4.74 Å². The molecule has 1 aromatic rings. The molecular formula is C15H22N4O. The van der Waals surface area contributed by atoms with Gasteiger partial charge in [-0.3, -0.25) is 4.90 Å². The summed E-state index contributed by atoms with van der Waals surface area (Å²) < 4.78 is 5.42. The Bertz CT molecular complexity index is 446. The van der Waals surface area contributed by atoms with Crippen molar-refractivity contribution >= 4 is 5.69 Å². The average molecular weight is 274 g/mol. The first kappa shape index (κ1) is 14.8. The second-order valence-electron chi connectivity index (χ2n) is 5.38. The fourth-order valence-electron chi connectivity index (χ4n) is 2.48. The van der Waals surface area contributed by atoms with Crippen LogP contribution in [-0.4, -0.2) is 48.8 Å². The van der Waals surface area contributed by atoms with Crippen LogP contribution in [0.15, 0.2) is 18.3 Å². The first-order chi connectivity index (χ1) is 9.70. The molecule has 1 fully saturated rings. The number of rotatable bonds is 5. The van der Waals surface area contributed by atoms with Crippen molar-refractivity contribution in [2.45, 2.75) is 19.9 Å². The lowest BCUT2D eigenvalue weighted by Gasteiger charge is -2.37. The van der Waals surface area contributed by atoms with E-state index in [1.807, 2.05) is 12.1 Å². The lowest BCUT2D eigenvalue weighted by molar-refractivity contribution is 0.00955. The molecule has 0 bridgehead atoms. The second kappa shape index (κ2) is 7.22. The van der Waals surface area contributed by atoms with E-state index in [1.165, 1.54) is 0 Å². The van der Waals surface area contributed by atoms with E-state index in [0.29, 0.717) is 17.7 Å². The van der Waals surface area contributed by atoms with Crippen LogP contribution in [0.25, 0.3) is 0 Å². The molecule has 0 spiro atoms. The largest absolute Gasteiger partial charge is 0.382 e. The molecule has 1 saturated heterocycles. The molecule has 1 unspecified atom stereocenters. The fourth-order valence-corrected chi connectivity index (χ4v) is 2.48. The summed E-state index contributed by atoms with van der Waals surface area (Å²) in [5.41, 5.74) is 1.41. The standard InChI is InChI=1S/C15H22N4O/c1-12(2)15(19-5-7-20-8-6-19)11-18-14-4-3-13(9-16)17-10-14/h3-4,10,12,15,18H,5-8,11H2,1-2H3. The number of morpholine rings is 1. The number of hydrogen-bond donors (Lipinski definition) is 1. The van der Waals surface area contributed by atoms with E-state index >= 15 is 0 Å². The summed E-state index contributed by atoms with van der Waals surface area (Å²) in [5, 5.41) is 12.2. The zero-order valence-electron chi connectivity index (χ0n) is 12.2. The van der Waals surface area contributed by atoms with E-state index in [0.717, 1.165) is 38.5 Å². The highest BCUT2D eigenvalue weighted by atomic mass is 16.5. The van der Waals surface area contributed by atoms with Crippen molar-refractivity contribution in [1.29, 1.82) is 5.26 Å². The quantitative estimate of drug-likeness (QED) is 0.886. The van der Waals surface area contributed by atoms with Gasteiger partial charge in [-0.25, -0.2) is 4.98 Å². The van der Waals surface area contributed by atoms with Crippen LogP contribution in [0.2, 0.25) is 0 Å². The molecule has 5 heteroatoms. The van der Waals surface area contributed by atoms with Crippen LogP contribution in [0.5, 0.6) is 0 Å². The fraction of sp³-hybridized carbons (Fsp3) is 0.600. The first-order valence-corrected chi connectivity index (χ1v) is 7.12. The highest BCUT2D eigenvalue weighted by Crippen LogP contribution is 2.14. The number of anilines is 1. The Morgan fingerprint density at radius 1 is 1.40 bits per heavy atom. The Balaban J connectivity index is 1.92. The third-order valence-electron chi connectivity index (χ3n) is 3.68. The van der Waals surface area contributed by atoms with Crippen molar-refractivity contribution in [1.82, 2.24) is 9.88 Å². The van der Waals surface area contributed by atoms with Gasteiger partial charge in [0.25, 0.3) is 0 Å². The van der Waals surface area contributed by atoms with Gasteiger partial charge >= 0.3 is 0 Å². The van der Waals surface area contributed by atoms with Crippen molar-refractivity contribution in [3.63, 3.8) is 0 Å². The van der Waals surface area contributed by atoms with Gasteiger partial charge in [-0.1, -0.05) is 13.8 Å². The lowest BCUT2D eigenvalue weighted by atomic mass is 10.0. The van der Waals surface area contributed by atoms with Crippen LogP contribution in [0.1, 0.15) is 19.5 Å². The van der Waals surface area contributed by atoms with E-state index in [9.17, 15) is 0 Å². The molecule has 0 radical (unpaired) electrons. The number of nitriles is 1. The SMILES string of the molecule is CC(C)C(CNc1ccc(C#N)nc1)N1CCOCC1. The Morgan fingerprint density at radius 2 is 2.15 bits per heavy atom. The van der Waals surface area contributed by atoms with Crippen LogP contribution in [0, 0.1) is 17.2 Å². The normalized spacial score (nSPS) is 17.7. The summed E-state index contributed by atoms with van der Waals surface area (Å²) in [7, 11) is 0. The number of pyridine rings is 1. The molecule has 0 aromatic carbocycles. The molecule has 1 aromatic heterocycles. The average Bonchev–Trinajstić information content (AvgIpc) is 2.49. The lowest BCUT2D eigenvalue weighted by Crippen LogP contribution is -2.49. The maximum absolute atomic E-state index is 8.74. The zero-order valence-corrected chi connectivity index (χ0v) is 12.2. The number of ether oxygens (including phenoxy) is 1. The first-order valence-electron chi connectivity index (χ1n) is 7.12. The number of aromatic nitrogens is 1. The molecule has 108 valence electrons. The molecule has 1 aliphatic rings. The molecule has 0 saturated carbocycles. The summed E-state index contributed by atoms with van der Waals surface area (Å²) >= 11 is 0. The predicted octanol–water partition coefficient (Wildman–Crippen LogP) is 1.72. The highest BCUT2D eigenvalue weighted by molar-refractivity contribution is 5.42. The summed E-state index contributed by atoms with van der Waals surface area (Å²) in [4.78, 5) is 6.56. The Labute approximate surface area is 120 Å². The zero-order chi connectivity index (χ0) is 14.4. The van der Waals surface area contributed by atoms with Gasteiger partial charge in [0.15, 0.2) is 0 Å². The van der Waals surface area contributed by atoms with E-state index in [-0.39, 0.29) is 0 Å². The maximum Gasteiger partial charge on any atom is 0.140 e. The molecule has 1 N–H and O–H groups in total. The van der Waals surface area contributed by atoms with Crippen LogP contribution >= 0.6 is 0 Å². The van der Waals surface area contributed by atoms with Gasteiger partial charge in [-0.05, 0) is 18.1 Å². The number of hydrogen-bond acceptors (Lipinski definition) is 5. The summed E-state index contributed by atoms with van der Waals surface area (Å²) in [6.07, 6.45) is 1.72. The third-order valence-corrected chi connectivity index (χ3v) is 3.68. The van der Waals surface area contributed by atoms with Crippen LogP contribution in [0.4, 0.5) is 5.69 Å². The molecule has 2 heterocycles. The molecule has 2 rings (SSSR count). The minimum atomic E-state index is 0.448. The highest BCUT2D eigenvalue weighted by Gasteiger charge is 2.23. The molecule has 0 amide bonds. The monoisotopic (exact) mass is 274 g/mol. The summed E-state index contributed by atoms with van der Waals surface area (Å²) in [5.74, 6) is 0.576. The van der Waals surface area contributed by atoms with Gasteiger partial charge in [0, 0.05) is 25.7 Å². The number of nitrogens with zero attached hydrogens (tertiary/aromatic N) is 3. The smallest absolute Gasteiger partial charge is 0.140 e. The molecule has 1 atom stereocenters. The van der Waals surface area contributed by atoms with Crippen LogP contribution in [0.3, 0.4) is 0 Å². The second-order valence-corrected chi connectivity index (χ2v) is 5.38. The molecule has 0 aliphatic carbocycles. The van der Waals surface area contributed by atoms with Crippen molar-refractivity contribution in [2.75, 3.05) is 38.2 Å². The minimum Gasteiger partial charge on any atom is -0.382 e. The van der Waals surface area contributed by atoms with Crippen molar-refractivity contribution in [3.8, 4) is 6.07 Å². The third kappa shape index (κ3) is 3.92. The van der Waals surface area contributed by atoms with Gasteiger partial charge in [-0.15, -0.1) is 0 Å². The van der Waals surface area contributed by atoms with E-state index in [2.05, 4.69) is 29.0 Å². The van der Waals surface area contributed by atoms with Gasteiger partial charge in [0.05, 0.1) is 25.1 Å². The topological polar surface area (TPSA) is 61.2 Å². The molecular weight excluding hydrogens is 252 g/mol. The Morgan fingerprint density at radius 3 is 2.70 bits per heavy atom. The van der Waals surface area contributed by atoms with Gasteiger partial charge in [0.2, 0.25) is 0 Å². The van der Waals surface area contributed by atoms with E-state index in [1.54, 1.807) is 12.3 Å². The summed E-state index contributed by atoms with van der Waals surface area (Å²) in [6, 6.07) is 6.15. The van der Waals surface area contributed by atoms with E-state index in [4.69, 9.17) is 10.00 Å². The molecule has 20 heavy (non-hydrogen) atoms. The molecule has 1 aliphatic heterocycles.